The first-order valence-corrected chi connectivity index (χ1v) is 6.52. The van der Waals surface area contributed by atoms with Gasteiger partial charge in [0, 0.05) is 25.3 Å². The molecule has 0 aromatic heterocycles. The Morgan fingerprint density at radius 1 is 1.35 bits per heavy atom. The van der Waals surface area contributed by atoms with E-state index in [9.17, 15) is 13.2 Å². The first-order chi connectivity index (χ1) is 9.23. The van der Waals surface area contributed by atoms with Crippen LogP contribution in [0.15, 0.2) is 24.3 Å². The molecule has 20 heavy (non-hydrogen) atoms. The highest BCUT2D eigenvalue weighted by atomic mass is 19.4. The normalized spacial score (nSPS) is 22.9. The summed E-state index contributed by atoms with van der Waals surface area (Å²) < 4.78 is 45.0. The number of halogens is 3. The third-order valence-electron chi connectivity index (χ3n) is 3.29. The Balaban J connectivity index is 2.36. The molecule has 0 radical (unpaired) electrons. The quantitative estimate of drug-likeness (QED) is 0.909. The Hall–Kier alpha value is -1.27. The van der Waals surface area contributed by atoms with Gasteiger partial charge < -0.3 is 15.4 Å². The largest absolute Gasteiger partial charge is 0.418 e. The second kappa shape index (κ2) is 5.26. The van der Waals surface area contributed by atoms with Crippen LogP contribution in [0.4, 0.5) is 18.9 Å². The van der Waals surface area contributed by atoms with Gasteiger partial charge in [-0.3, -0.25) is 0 Å². The minimum Gasteiger partial charge on any atom is -0.367 e. The van der Waals surface area contributed by atoms with Gasteiger partial charge in [0.25, 0.3) is 0 Å². The lowest BCUT2D eigenvalue weighted by molar-refractivity contribution is -0.137. The van der Waals surface area contributed by atoms with Gasteiger partial charge in [0.05, 0.1) is 17.3 Å². The molecule has 6 heteroatoms. The van der Waals surface area contributed by atoms with E-state index >= 15 is 0 Å². The molecule has 1 aliphatic rings. The van der Waals surface area contributed by atoms with Gasteiger partial charge in [0.1, 0.15) is 0 Å². The smallest absolute Gasteiger partial charge is 0.367 e. The maximum atomic E-state index is 13.1. The minimum absolute atomic E-state index is 0.190. The second-order valence-electron chi connectivity index (χ2n) is 5.63. The Bertz CT molecular complexity index is 474. The summed E-state index contributed by atoms with van der Waals surface area (Å²) in [4.78, 5) is 1.71. The van der Waals surface area contributed by atoms with Crippen LogP contribution < -0.4 is 10.6 Å². The van der Waals surface area contributed by atoms with Gasteiger partial charge in [-0.1, -0.05) is 12.1 Å². The average Bonchev–Trinajstić information content (AvgIpc) is 2.35. The van der Waals surface area contributed by atoms with E-state index in [0.717, 1.165) is 6.07 Å². The molecule has 1 fully saturated rings. The minimum atomic E-state index is -4.36. The van der Waals surface area contributed by atoms with Crippen LogP contribution in [-0.2, 0) is 10.9 Å². The van der Waals surface area contributed by atoms with E-state index in [1.54, 1.807) is 11.0 Å². The van der Waals surface area contributed by atoms with Crippen molar-refractivity contribution in [3.05, 3.63) is 29.8 Å². The lowest BCUT2D eigenvalue weighted by Gasteiger charge is -2.44. The summed E-state index contributed by atoms with van der Waals surface area (Å²) in [5.41, 5.74) is 4.66. The summed E-state index contributed by atoms with van der Waals surface area (Å²) >= 11 is 0. The Morgan fingerprint density at radius 3 is 2.60 bits per heavy atom. The predicted molar refractivity (Wildman–Crippen MR) is 71.7 cm³/mol. The molecule has 112 valence electrons. The standard InChI is InChI=1S/C14H19F3N2O/c1-13(2)9-19(8-10(7-18)20-13)12-6-4-3-5-11(12)14(15,16)17/h3-6,10H,7-9,18H2,1-2H3. The predicted octanol–water partition coefficient (Wildman–Crippen LogP) is 2.65. The molecule has 1 aliphatic heterocycles. The number of nitrogens with zero attached hydrogens (tertiary/aromatic N) is 1. The molecule has 1 aromatic rings. The van der Waals surface area contributed by atoms with Crippen LogP contribution in [0, 0.1) is 0 Å². The van der Waals surface area contributed by atoms with E-state index in [0.29, 0.717) is 13.1 Å². The molecular formula is C14H19F3N2O. The third-order valence-corrected chi connectivity index (χ3v) is 3.29. The number of rotatable bonds is 2. The number of nitrogens with two attached hydrogens (primary N) is 1. The van der Waals surface area contributed by atoms with Crippen molar-refractivity contribution in [1.82, 2.24) is 0 Å². The second-order valence-corrected chi connectivity index (χ2v) is 5.63. The number of hydrogen-bond acceptors (Lipinski definition) is 3. The van der Waals surface area contributed by atoms with Crippen molar-refractivity contribution in [3.63, 3.8) is 0 Å². The van der Waals surface area contributed by atoms with Crippen LogP contribution >= 0.6 is 0 Å². The number of ether oxygens (including phenoxy) is 1. The molecule has 1 heterocycles. The molecule has 1 aromatic carbocycles. The highest BCUT2D eigenvalue weighted by Crippen LogP contribution is 2.38. The van der Waals surface area contributed by atoms with Gasteiger partial charge >= 0.3 is 6.18 Å². The van der Waals surface area contributed by atoms with Gasteiger partial charge in [0.2, 0.25) is 0 Å². The van der Waals surface area contributed by atoms with E-state index in [2.05, 4.69) is 0 Å². The maximum absolute atomic E-state index is 13.1. The molecule has 2 N–H and O–H groups in total. The topological polar surface area (TPSA) is 38.5 Å². The molecule has 0 saturated carbocycles. The Labute approximate surface area is 116 Å². The highest BCUT2D eigenvalue weighted by molar-refractivity contribution is 5.55. The average molecular weight is 288 g/mol. The molecule has 0 spiro atoms. The number of benzene rings is 1. The van der Waals surface area contributed by atoms with E-state index in [1.807, 2.05) is 13.8 Å². The Morgan fingerprint density at radius 2 is 2.00 bits per heavy atom. The molecule has 1 saturated heterocycles. The fourth-order valence-corrected chi connectivity index (χ4v) is 2.59. The first-order valence-electron chi connectivity index (χ1n) is 6.52. The van der Waals surface area contributed by atoms with Crippen LogP contribution in [0.25, 0.3) is 0 Å². The summed E-state index contributed by atoms with van der Waals surface area (Å²) in [6.07, 6.45) is -4.63. The van der Waals surface area contributed by atoms with Crippen molar-refractivity contribution in [1.29, 1.82) is 0 Å². The monoisotopic (exact) mass is 288 g/mol. The number of morpholine rings is 1. The van der Waals surface area contributed by atoms with E-state index < -0.39 is 17.3 Å². The van der Waals surface area contributed by atoms with Gasteiger partial charge in [0.15, 0.2) is 0 Å². The summed E-state index contributed by atoms with van der Waals surface area (Å²) in [6, 6.07) is 5.62. The van der Waals surface area contributed by atoms with Crippen LogP contribution in [-0.4, -0.2) is 31.3 Å². The van der Waals surface area contributed by atoms with Gasteiger partial charge in [-0.15, -0.1) is 0 Å². The van der Waals surface area contributed by atoms with Crippen molar-refractivity contribution >= 4 is 5.69 Å². The lowest BCUT2D eigenvalue weighted by Crippen LogP contribution is -2.55. The number of anilines is 1. The SMILES string of the molecule is CC1(C)CN(c2ccccc2C(F)(F)F)CC(CN)O1. The molecule has 0 amide bonds. The van der Waals surface area contributed by atoms with Crippen molar-refractivity contribution in [2.24, 2.45) is 5.73 Å². The fourth-order valence-electron chi connectivity index (χ4n) is 2.59. The zero-order valence-corrected chi connectivity index (χ0v) is 11.6. The zero-order chi connectivity index (χ0) is 15.0. The molecule has 0 bridgehead atoms. The van der Waals surface area contributed by atoms with E-state index in [1.165, 1.54) is 12.1 Å². The first kappa shape index (κ1) is 15.1. The van der Waals surface area contributed by atoms with Crippen molar-refractivity contribution in [3.8, 4) is 0 Å². The molecule has 3 nitrogen and oxygen atoms in total. The van der Waals surface area contributed by atoms with Crippen LogP contribution in [0.3, 0.4) is 0 Å². The summed E-state index contributed by atoms with van der Waals surface area (Å²) in [5, 5.41) is 0. The van der Waals surface area contributed by atoms with Crippen LogP contribution in [0.2, 0.25) is 0 Å². The summed E-state index contributed by atoms with van der Waals surface area (Å²) in [6.45, 7) is 4.77. The lowest BCUT2D eigenvalue weighted by atomic mass is 10.0. The van der Waals surface area contributed by atoms with Crippen molar-refractivity contribution in [2.45, 2.75) is 31.7 Å². The maximum Gasteiger partial charge on any atom is 0.418 e. The summed E-state index contributed by atoms with van der Waals surface area (Å²) in [5.74, 6) is 0. The van der Waals surface area contributed by atoms with Crippen molar-refractivity contribution in [2.75, 3.05) is 24.5 Å². The third kappa shape index (κ3) is 3.24. The number of para-hydroxylation sites is 1. The number of hydrogen-bond donors (Lipinski definition) is 1. The highest BCUT2D eigenvalue weighted by Gasteiger charge is 2.38. The van der Waals surface area contributed by atoms with E-state index in [-0.39, 0.29) is 18.3 Å². The molecule has 0 aliphatic carbocycles. The molecular weight excluding hydrogens is 269 g/mol. The van der Waals surface area contributed by atoms with Gasteiger partial charge in [-0.2, -0.15) is 13.2 Å². The van der Waals surface area contributed by atoms with E-state index in [4.69, 9.17) is 10.5 Å². The molecule has 1 unspecified atom stereocenters. The molecule has 1 atom stereocenters. The van der Waals surface area contributed by atoms with Crippen molar-refractivity contribution < 1.29 is 17.9 Å². The zero-order valence-electron chi connectivity index (χ0n) is 11.6. The number of alkyl halides is 3. The van der Waals surface area contributed by atoms with Crippen LogP contribution in [0.1, 0.15) is 19.4 Å². The molecule has 2 rings (SSSR count). The fraction of sp³-hybridized carbons (Fsp3) is 0.571. The van der Waals surface area contributed by atoms with Crippen LogP contribution in [0.5, 0.6) is 0 Å². The summed E-state index contributed by atoms with van der Waals surface area (Å²) in [7, 11) is 0. The van der Waals surface area contributed by atoms with Gasteiger partial charge in [-0.05, 0) is 26.0 Å². The Kier molecular flexibility index (Phi) is 3.97. The van der Waals surface area contributed by atoms with Gasteiger partial charge in [-0.25, -0.2) is 0 Å².